The topological polar surface area (TPSA) is 69.7 Å². The number of nitrogens with one attached hydrogen (secondary N) is 1. The van der Waals surface area contributed by atoms with Gasteiger partial charge < -0.3 is 10.2 Å². The number of amides is 1. The van der Waals surface area contributed by atoms with E-state index >= 15 is 0 Å². The van der Waals surface area contributed by atoms with E-state index in [1.165, 1.54) is 24.9 Å². The van der Waals surface area contributed by atoms with Crippen LogP contribution in [0.4, 0.5) is 11.4 Å². The highest BCUT2D eigenvalue weighted by molar-refractivity contribution is 9.10. The number of sulfonamides is 1. The summed E-state index contributed by atoms with van der Waals surface area (Å²) in [4.78, 5) is 15.0. The Labute approximate surface area is 187 Å². The SMILES string of the molecule is CC(NC(=O)CN(c1ccccc1Br)S(C)(=O)=O)c1ccc(N2CCCCC2)cc1. The summed E-state index contributed by atoms with van der Waals surface area (Å²) in [6.07, 6.45) is 4.84. The normalized spacial score (nSPS) is 15.5. The molecule has 0 bridgehead atoms. The molecule has 0 saturated carbocycles. The molecule has 1 unspecified atom stereocenters. The summed E-state index contributed by atoms with van der Waals surface area (Å²) in [6, 6.07) is 15.0. The molecular weight excluding hydrogens is 466 g/mol. The van der Waals surface area contributed by atoms with E-state index in [1.807, 2.05) is 19.1 Å². The molecule has 1 saturated heterocycles. The van der Waals surface area contributed by atoms with Crippen LogP contribution in [-0.4, -0.2) is 40.2 Å². The van der Waals surface area contributed by atoms with Crippen LogP contribution in [0.5, 0.6) is 0 Å². The molecule has 6 nitrogen and oxygen atoms in total. The van der Waals surface area contributed by atoms with Gasteiger partial charge in [0.1, 0.15) is 6.54 Å². The number of rotatable bonds is 7. The van der Waals surface area contributed by atoms with E-state index in [2.05, 4.69) is 38.3 Å². The van der Waals surface area contributed by atoms with E-state index in [0.717, 1.165) is 29.2 Å². The maximum absolute atomic E-state index is 12.6. The number of carbonyl (C=O) groups is 1. The second-order valence-electron chi connectivity index (χ2n) is 7.65. The van der Waals surface area contributed by atoms with Crippen LogP contribution in [0, 0.1) is 0 Å². The number of anilines is 2. The molecule has 8 heteroatoms. The van der Waals surface area contributed by atoms with Crippen molar-refractivity contribution in [3.8, 4) is 0 Å². The van der Waals surface area contributed by atoms with Crippen LogP contribution in [0.2, 0.25) is 0 Å². The summed E-state index contributed by atoms with van der Waals surface area (Å²) < 4.78 is 26.3. The van der Waals surface area contributed by atoms with Crippen molar-refractivity contribution in [2.24, 2.45) is 0 Å². The molecular formula is C22H28BrN3O3S. The second-order valence-corrected chi connectivity index (χ2v) is 10.4. The maximum Gasteiger partial charge on any atom is 0.241 e. The number of halogens is 1. The molecule has 3 rings (SSSR count). The first-order chi connectivity index (χ1) is 14.3. The fourth-order valence-electron chi connectivity index (χ4n) is 3.66. The number of carbonyl (C=O) groups excluding carboxylic acids is 1. The Morgan fingerprint density at radius 2 is 1.73 bits per heavy atom. The Hall–Kier alpha value is -2.06. The molecule has 30 heavy (non-hydrogen) atoms. The van der Waals surface area contributed by atoms with Crippen molar-refractivity contribution in [3.63, 3.8) is 0 Å². The van der Waals surface area contributed by atoms with E-state index in [1.54, 1.807) is 24.3 Å². The number of piperidine rings is 1. The maximum atomic E-state index is 12.6. The molecule has 0 aromatic heterocycles. The number of hydrogen-bond donors (Lipinski definition) is 1. The second kappa shape index (κ2) is 9.83. The van der Waals surface area contributed by atoms with Gasteiger partial charge in [0, 0.05) is 23.2 Å². The van der Waals surface area contributed by atoms with Crippen LogP contribution in [0.15, 0.2) is 53.0 Å². The van der Waals surface area contributed by atoms with Crippen molar-refractivity contribution in [1.82, 2.24) is 5.32 Å². The van der Waals surface area contributed by atoms with Gasteiger partial charge in [0.25, 0.3) is 0 Å². The fourth-order valence-corrected chi connectivity index (χ4v) is 5.15. The van der Waals surface area contributed by atoms with Crippen molar-refractivity contribution in [2.45, 2.75) is 32.2 Å². The number of nitrogens with zero attached hydrogens (tertiary/aromatic N) is 2. The van der Waals surface area contributed by atoms with Gasteiger partial charge >= 0.3 is 0 Å². The molecule has 1 N–H and O–H groups in total. The minimum atomic E-state index is -3.62. The standard InChI is InChI=1S/C22H28BrN3O3S/c1-17(18-10-12-19(13-11-18)25-14-6-3-7-15-25)24-22(27)16-26(30(2,28)29)21-9-5-4-8-20(21)23/h4-5,8-13,17H,3,6-7,14-16H2,1-2H3,(H,24,27). The van der Waals surface area contributed by atoms with Crippen molar-refractivity contribution in [3.05, 3.63) is 58.6 Å². The average molecular weight is 494 g/mol. The lowest BCUT2D eigenvalue weighted by Gasteiger charge is -2.29. The number of benzene rings is 2. The third-order valence-electron chi connectivity index (χ3n) is 5.30. The summed E-state index contributed by atoms with van der Waals surface area (Å²) in [5.74, 6) is -0.358. The Morgan fingerprint density at radius 3 is 2.33 bits per heavy atom. The minimum Gasteiger partial charge on any atom is -0.372 e. The zero-order valence-electron chi connectivity index (χ0n) is 17.3. The van der Waals surface area contributed by atoms with Crippen LogP contribution in [0.25, 0.3) is 0 Å². The highest BCUT2D eigenvalue weighted by atomic mass is 79.9. The molecule has 0 aliphatic carbocycles. The molecule has 1 fully saturated rings. The molecule has 0 spiro atoms. The Morgan fingerprint density at radius 1 is 1.10 bits per heavy atom. The van der Waals surface area contributed by atoms with Gasteiger partial charge in [-0.2, -0.15) is 0 Å². The monoisotopic (exact) mass is 493 g/mol. The van der Waals surface area contributed by atoms with Gasteiger partial charge in [-0.05, 0) is 71.9 Å². The molecule has 2 aromatic rings. The number of hydrogen-bond acceptors (Lipinski definition) is 4. The van der Waals surface area contributed by atoms with Gasteiger partial charge in [0.05, 0.1) is 18.0 Å². The van der Waals surface area contributed by atoms with E-state index < -0.39 is 10.0 Å². The Kier molecular flexibility index (Phi) is 7.41. The zero-order valence-corrected chi connectivity index (χ0v) is 19.7. The van der Waals surface area contributed by atoms with E-state index in [4.69, 9.17) is 0 Å². The molecule has 1 atom stereocenters. The Bertz CT molecular complexity index is 973. The molecule has 1 aliphatic rings. The summed E-state index contributed by atoms with van der Waals surface area (Å²) in [5, 5.41) is 2.91. The third-order valence-corrected chi connectivity index (χ3v) is 7.10. The lowest BCUT2D eigenvalue weighted by atomic mass is 10.1. The van der Waals surface area contributed by atoms with Gasteiger partial charge in [-0.3, -0.25) is 9.10 Å². The molecule has 1 amide bonds. The first kappa shape index (κ1) is 22.6. The number of para-hydroxylation sites is 1. The van der Waals surface area contributed by atoms with Crippen LogP contribution in [0.1, 0.15) is 37.8 Å². The first-order valence-corrected chi connectivity index (χ1v) is 12.8. The quantitative estimate of drug-likeness (QED) is 0.630. The van der Waals surface area contributed by atoms with Crippen LogP contribution < -0.4 is 14.5 Å². The van der Waals surface area contributed by atoms with Gasteiger partial charge in [0.15, 0.2) is 0 Å². The van der Waals surface area contributed by atoms with Crippen molar-refractivity contribution >= 4 is 43.2 Å². The minimum absolute atomic E-state index is 0.228. The summed E-state index contributed by atoms with van der Waals surface area (Å²) in [6.45, 7) is 3.79. The highest BCUT2D eigenvalue weighted by Gasteiger charge is 2.23. The summed E-state index contributed by atoms with van der Waals surface area (Å²) >= 11 is 3.36. The summed E-state index contributed by atoms with van der Waals surface area (Å²) in [7, 11) is -3.62. The predicted molar refractivity (Wildman–Crippen MR) is 125 cm³/mol. The third kappa shape index (κ3) is 5.76. The molecule has 1 aliphatic heterocycles. The van der Waals surface area contributed by atoms with E-state index in [-0.39, 0.29) is 18.5 Å². The average Bonchev–Trinajstić information content (AvgIpc) is 2.72. The van der Waals surface area contributed by atoms with Gasteiger partial charge in [-0.1, -0.05) is 24.3 Å². The van der Waals surface area contributed by atoms with Gasteiger partial charge in [-0.25, -0.2) is 8.42 Å². The van der Waals surface area contributed by atoms with Crippen molar-refractivity contribution in [2.75, 3.05) is 35.1 Å². The largest absolute Gasteiger partial charge is 0.372 e. The fraction of sp³-hybridized carbons (Fsp3) is 0.409. The highest BCUT2D eigenvalue weighted by Crippen LogP contribution is 2.27. The lowest BCUT2D eigenvalue weighted by molar-refractivity contribution is -0.120. The predicted octanol–water partition coefficient (Wildman–Crippen LogP) is 4.08. The zero-order chi connectivity index (χ0) is 21.7. The molecule has 1 heterocycles. The first-order valence-electron chi connectivity index (χ1n) is 10.1. The Balaban J connectivity index is 1.66. The van der Waals surface area contributed by atoms with Crippen molar-refractivity contribution in [1.29, 1.82) is 0 Å². The lowest BCUT2D eigenvalue weighted by Crippen LogP contribution is -2.41. The summed E-state index contributed by atoms with van der Waals surface area (Å²) in [5.41, 5.74) is 2.62. The van der Waals surface area contributed by atoms with Crippen molar-refractivity contribution < 1.29 is 13.2 Å². The molecule has 162 valence electrons. The van der Waals surface area contributed by atoms with Gasteiger partial charge in [-0.15, -0.1) is 0 Å². The molecule has 2 aromatic carbocycles. The van der Waals surface area contributed by atoms with Gasteiger partial charge in [0.2, 0.25) is 15.9 Å². The van der Waals surface area contributed by atoms with Crippen LogP contribution in [-0.2, 0) is 14.8 Å². The van der Waals surface area contributed by atoms with E-state index in [0.29, 0.717) is 10.2 Å². The van der Waals surface area contributed by atoms with Crippen LogP contribution in [0.3, 0.4) is 0 Å². The smallest absolute Gasteiger partial charge is 0.241 e. The van der Waals surface area contributed by atoms with Crippen LogP contribution >= 0.6 is 15.9 Å². The molecule has 0 radical (unpaired) electrons. The van der Waals surface area contributed by atoms with E-state index in [9.17, 15) is 13.2 Å².